The number of fused-ring (bicyclic) bond motifs is 1. The van der Waals surface area contributed by atoms with Crippen molar-refractivity contribution in [2.24, 2.45) is 0 Å². The fourth-order valence-corrected chi connectivity index (χ4v) is 2.94. The number of esters is 1. The molecule has 148 valence electrons. The zero-order valence-corrected chi connectivity index (χ0v) is 16.1. The van der Waals surface area contributed by atoms with Crippen molar-refractivity contribution in [2.45, 2.75) is 12.8 Å². The average molecular weight is 390 g/mol. The molecule has 3 aromatic carbocycles. The molecule has 0 aromatic heterocycles. The predicted octanol–water partition coefficient (Wildman–Crippen LogP) is 2.85. The first-order valence-corrected chi connectivity index (χ1v) is 9.23. The fraction of sp³-hybridized carbons (Fsp3) is 0.174. The molecular weight excluding hydrogens is 368 g/mol. The van der Waals surface area contributed by atoms with Crippen LogP contribution < -0.4 is 10.6 Å². The van der Waals surface area contributed by atoms with Gasteiger partial charge < -0.3 is 15.4 Å². The van der Waals surface area contributed by atoms with E-state index in [1.165, 1.54) is 7.11 Å². The molecule has 2 N–H and O–H groups in total. The molecule has 0 saturated heterocycles. The Morgan fingerprint density at radius 3 is 2.17 bits per heavy atom. The Hall–Kier alpha value is -3.67. The summed E-state index contributed by atoms with van der Waals surface area (Å²) in [6, 6.07) is 21.0. The molecule has 2 amide bonds. The summed E-state index contributed by atoms with van der Waals surface area (Å²) in [6.45, 7) is -0.155. The number of nitrogens with one attached hydrogen (secondary N) is 2. The highest BCUT2D eigenvalue weighted by atomic mass is 16.5. The molecule has 0 bridgehead atoms. The van der Waals surface area contributed by atoms with Crippen LogP contribution in [0.1, 0.15) is 11.1 Å². The Balaban J connectivity index is 1.52. The molecule has 0 fully saturated rings. The highest BCUT2D eigenvalue weighted by molar-refractivity contribution is 5.93. The van der Waals surface area contributed by atoms with Gasteiger partial charge in [-0.05, 0) is 34.0 Å². The zero-order valence-electron chi connectivity index (χ0n) is 16.1. The summed E-state index contributed by atoms with van der Waals surface area (Å²) >= 11 is 0. The maximum absolute atomic E-state index is 12.3. The van der Waals surface area contributed by atoms with E-state index in [0.29, 0.717) is 5.69 Å². The number of rotatable bonds is 7. The van der Waals surface area contributed by atoms with E-state index in [1.807, 2.05) is 42.5 Å². The number of anilines is 1. The quantitative estimate of drug-likeness (QED) is 0.608. The Kier molecular flexibility index (Phi) is 6.58. The van der Waals surface area contributed by atoms with Crippen molar-refractivity contribution in [1.82, 2.24) is 5.32 Å². The monoisotopic (exact) mass is 390 g/mol. The first-order chi connectivity index (χ1) is 14.0. The highest BCUT2D eigenvalue weighted by Crippen LogP contribution is 2.17. The first-order valence-electron chi connectivity index (χ1n) is 9.23. The van der Waals surface area contributed by atoms with Gasteiger partial charge in [-0.3, -0.25) is 14.4 Å². The maximum Gasteiger partial charge on any atom is 0.325 e. The minimum atomic E-state index is -0.497. The van der Waals surface area contributed by atoms with Crippen LogP contribution in [0.25, 0.3) is 10.8 Å². The van der Waals surface area contributed by atoms with Gasteiger partial charge in [0.1, 0.15) is 6.54 Å². The fourth-order valence-electron chi connectivity index (χ4n) is 2.94. The summed E-state index contributed by atoms with van der Waals surface area (Å²) in [7, 11) is 1.27. The van der Waals surface area contributed by atoms with Crippen LogP contribution in [0.2, 0.25) is 0 Å². The second kappa shape index (κ2) is 9.50. The van der Waals surface area contributed by atoms with Crippen molar-refractivity contribution in [3.05, 3.63) is 77.9 Å². The molecule has 0 aliphatic carbocycles. The SMILES string of the molecule is COC(=O)CNC(=O)Cc1ccc(NC(=O)Cc2ccc3ccccc3c2)cc1. The summed E-state index contributed by atoms with van der Waals surface area (Å²) in [4.78, 5) is 35.2. The number of hydrogen-bond donors (Lipinski definition) is 2. The van der Waals surface area contributed by atoms with Gasteiger partial charge >= 0.3 is 5.97 Å². The van der Waals surface area contributed by atoms with Crippen molar-refractivity contribution in [1.29, 1.82) is 0 Å². The lowest BCUT2D eigenvalue weighted by molar-refractivity contribution is -0.141. The number of carbonyl (C=O) groups is 3. The van der Waals surface area contributed by atoms with Crippen LogP contribution in [-0.4, -0.2) is 31.4 Å². The van der Waals surface area contributed by atoms with Crippen LogP contribution in [0.3, 0.4) is 0 Å². The van der Waals surface area contributed by atoms with Gasteiger partial charge in [-0.25, -0.2) is 0 Å². The molecule has 6 heteroatoms. The second-order valence-corrected chi connectivity index (χ2v) is 6.63. The largest absolute Gasteiger partial charge is 0.468 e. The zero-order chi connectivity index (χ0) is 20.6. The van der Waals surface area contributed by atoms with Crippen LogP contribution in [-0.2, 0) is 32.0 Å². The summed E-state index contributed by atoms with van der Waals surface area (Å²) < 4.78 is 4.47. The molecular formula is C23H22N2O4. The average Bonchev–Trinajstić information content (AvgIpc) is 2.73. The van der Waals surface area contributed by atoms with Crippen LogP contribution in [0.4, 0.5) is 5.69 Å². The molecule has 0 saturated carbocycles. The minimum absolute atomic E-state index is 0.108. The summed E-state index contributed by atoms with van der Waals surface area (Å²) in [5.41, 5.74) is 2.38. The molecule has 3 aromatic rings. The summed E-state index contributed by atoms with van der Waals surface area (Å²) in [6.07, 6.45) is 0.421. The third-order valence-corrected chi connectivity index (χ3v) is 4.44. The molecule has 6 nitrogen and oxygen atoms in total. The van der Waals surface area contributed by atoms with Gasteiger partial charge in [-0.15, -0.1) is 0 Å². The Labute approximate surface area is 168 Å². The van der Waals surface area contributed by atoms with E-state index >= 15 is 0 Å². The van der Waals surface area contributed by atoms with Crippen LogP contribution in [0.5, 0.6) is 0 Å². The van der Waals surface area contributed by atoms with Gasteiger partial charge in [0.25, 0.3) is 0 Å². The van der Waals surface area contributed by atoms with Crippen molar-refractivity contribution >= 4 is 34.2 Å². The molecule has 3 rings (SSSR count). The second-order valence-electron chi connectivity index (χ2n) is 6.63. The lowest BCUT2D eigenvalue weighted by Gasteiger charge is -2.08. The molecule has 29 heavy (non-hydrogen) atoms. The van der Waals surface area contributed by atoms with E-state index in [4.69, 9.17) is 0 Å². The smallest absolute Gasteiger partial charge is 0.325 e. The number of amides is 2. The molecule has 0 heterocycles. The lowest BCUT2D eigenvalue weighted by atomic mass is 10.0. The van der Waals surface area contributed by atoms with Crippen LogP contribution in [0, 0.1) is 0 Å². The van der Waals surface area contributed by atoms with Gasteiger partial charge in [-0.1, -0.05) is 54.6 Å². The Morgan fingerprint density at radius 1 is 0.793 bits per heavy atom. The van der Waals surface area contributed by atoms with E-state index in [9.17, 15) is 14.4 Å². The molecule has 0 unspecified atom stereocenters. The number of methoxy groups -OCH3 is 1. The molecule has 0 aliphatic rings. The number of ether oxygens (including phenoxy) is 1. The third kappa shape index (κ3) is 5.90. The third-order valence-electron chi connectivity index (χ3n) is 4.44. The number of hydrogen-bond acceptors (Lipinski definition) is 4. The van der Waals surface area contributed by atoms with Crippen molar-refractivity contribution in [2.75, 3.05) is 19.0 Å². The Morgan fingerprint density at radius 2 is 1.45 bits per heavy atom. The normalized spacial score (nSPS) is 10.4. The van der Waals surface area contributed by atoms with Crippen LogP contribution >= 0.6 is 0 Å². The van der Waals surface area contributed by atoms with Gasteiger partial charge in [0.05, 0.1) is 20.0 Å². The number of benzene rings is 3. The van der Waals surface area contributed by atoms with Crippen molar-refractivity contribution in [3.63, 3.8) is 0 Å². The molecule has 0 radical (unpaired) electrons. The van der Waals surface area contributed by atoms with Gasteiger partial charge in [-0.2, -0.15) is 0 Å². The molecule has 0 spiro atoms. The van der Waals surface area contributed by atoms with Crippen LogP contribution in [0.15, 0.2) is 66.7 Å². The van der Waals surface area contributed by atoms with E-state index in [2.05, 4.69) is 15.4 Å². The van der Waals surface area contributed by atoms with Gasteiger partial charge in [0, 0.05) is 5.69 Å². The van der Waals surface area contributed by atoms with Gasteiger partial charge in [0.15, 0.2) is 0 Å². The maximum atomic E-state index is 12.3. The highest BCUT2D eigenvalue weighted by Gasteiger charge is 2.08. The first kappa shape index (κ1) is 20.1. The van der Waals surface area contributed by atoms with Crippen molar-refractivity contribution in [3.8, 4) is 0 Å². The summed E-state index contributed by atoms with van der Waals surface area (Å²) in [5, 5.41) is 7.60. The topological polar surface area (TPSA) is 84.5 Å². The number of carbonyl (C=O) groups excluding carboxylic acids is 3. The summed E-state index contributed by atoms with van der Waals surface area (Å²) in [5.74, 6) is -0.879. The minimum Gasteiger partial charge on any atom is -0.468 e. The lowest BCUT2D eigenvalue weighted by Crippen LogP contribution is -2.31. The van der Waals surface area contributed by atoms with E-state index in [1.54, 1.807) is 24.3 Å². The van der Waals surface area contributed by atoms with Crippen molar-refractivity contribution < 1.29 is 19.1 Å². The van der Waals surface area contributed by atoms with E-state index in [0.717, 1.165) is 21.9 Å². The molecule has 0 aliphatic heterocycles. The predicted molar refractivity (Wildman–Crippen MR) is 111 cm³/mol. The molecule has 0 atom stereocenters. The van der Waals surface area contributed by atoms with E-state index < -0.39 is 5.97 Å². The van der Waals surface area contributed by atoms with E-state index in [-0.39, 0.29) is 31.2 Å². The van der Waals surface area contributed by atoms with Gasteiger partial charge in [0.2, 0.25) is 11.8 Å². The standard InChI is InChI=1S/C23H22N2O4/c1-29-23(28)15-24-21(26)13-16-7-10-20(11-8-16)25-22(27)14-17-6-9-18-4-2-3-5-19(18)12-17/h2-12H,13-15H2,1H3,(H,24,26)(H,25,27). The Bertz CT molecular complexity index is 1030.